The highest BCUT2D eigenvalue weighted by atomic mass is 35.5. The van der Waals surface area contributed by atoms with E-state index in [-0.39, 0.29) is 12.4 Å². The second kappa shape index (κ2) is 8.06. The van der Waals surface area contributed by atoms with Gasteiger partial charge in [-0.05, 0) is 42.0 Å². The van der Waals surface area contributed by atoms with E-state index in [1.54, 1.807) is 21.3 Å². The van der Waals surface area contributed by atoms with Crippen LogP contribution in [-0.2, 0) is 13.0 Å². The molecule has 0 unspecified atom stereocenters. The molecule has 2 aromatic rings. The van der Waals surface area contributed by atoms with Crippen molar-refractivity contribution >= 4 is 6.21 Å². The minimum Gasteiger partial charge on any atom is -1.00 e. The fourth-order valence-corrected chi connectivity index (χ4v) is 2.89. The zero-order valence-corrected chi connectivity index (χ0v) is 15.0. The van der Waals surface area contributed by atoms with E-state index in [0.717, 1.165) is 36.8 Å². The molecule has 0 aliphatic carbocycles. The van der Waals surface area contributed by atoms with Crippen LogP contribution in [0, 0.1) is 0 Å². The minimum atomic E-state index is 0. The van der Waals surface area contributed by atoms with Crippen molar-refractivity contribution in [3.8, 4) is 17.2 Å². The Balaban J connectivity index is 0.00000208. The molecule has 0 radical (unpaired) electrons. The summed E-state index contributed by atoms with van der Waals surface area (Å²) >= 11 is 0. The summed E-state index contributed by atoms with van der Waals surface area (Å²) in [6, 6.07) is 12.3. The van der Waals surface area contributed by atoms with E-state index in [2.05, 4.69) is 29.0 Å². The zero-order valence-electron chi connectivity index (χ0n) is 14.2. The maximum atomic E-state index is 5.40. The first kappa shape index (κ1) is 18.1. The molecular formula is C19H22ClNO3. The van der Waals surface area contributed by atoms with Gasteiger partial charge < -0.3 is 26.6 Å². The maximum Gasteiger partial charge on any atom is 0.171 e. The Morgan fingerprint density at radius 3 is 2.21 bits per heavy atom. The van der Waals surface area contributed by atoms with Gasteiger partial charge in [0.1, 0.15) is 12.3 Å². The predicted octanol–water partition coefficient (Wildman–Crippen LogP) is -0.0959. The molecule has 0 N–H and O–H groups in total. The number of fused-ring (bicyclic) bond motifs is 1. The average Bonchev–Trinajstić information content (AvgIpc) is 2.61. The van der Waals surface area contributed by atoms with Gasteiger partial charge in [0.25, 0.3) is 0 Å². The van der Waals surface area contributed by atoms with Gasteiger partial charge in [-0.3, -0.25) is 0 Å². The van der Waals surface area contributed by atoms with Gasteiger partial charge in [0.05, 0.1) is 21.3 Å². The standard InChI is InChI=1S/C19H22NO3.ClH/c1-21-17-6-4-14(5-7-17)12-20-9-8-15-10-18(22-2)19(23-3)11-16(15)13-20;/h4-7,10-11,13H,8-9,12H2,1-3H3;1H/q+1;/p-1. The summed E-state index contributed by atoms with van der Waals surface area (Å²) in [5.74, 6) is 2.45. The molecule has 1 aliphatic rings. The van der Waals surface area contributed by atoms with Crippen LogP contribution in [0.3, 0.4) is 0 Å². The number of nitrogens with zero attached hydrogens (tertiary/aromatic N) is 1. The molecule has 0 atom stereocenters. The van der Waals surface area contributed by atoms with Crippen molar-refractivity contribution in [3.05, 3.63) is 53.1 Å². The normalized spacial score (nSPS) is 12.5. The molecule has 0 spiro atoms. The van der Waals surface area contributed by atoms with Crippen molar-refractivity contribution in [3.63, 3.8) is 0 Å². The van der Waals surface area contributed by atoms with E-state index >= 15 is 0 Å². The molecule has 0 saturated carbocycles. The molecule has 4 nitrogen and oxygen atoms in total. The molecule has 1 aliphatic heterocycles. The van der Waals surface area contributed by atoms with Crippen LogP contribution in [0.2, 0.25) is 0 Å². The zero-order chi connectivity index (χ0) is 16.2. The van der Waals surface area contributed by atoms with Crippen molar-refractivity contribution in [2.75, 3.05) is 27.9 Å². The summed E-state index contributed by atoms with van der Waals surface area (Å²) in [5.41, 5.74) is 3.77. The maximum absolute atomic E-state index is 5.40. The van der Waals surface area contributed by atoms with E-state index in [4.69, 9.17) is 14.2 Å². The van der Waals surface area contributed by atoms with Gasteiger partial charge in [0.15, 0.2) is 24.3 Å². The van der Waals surface area contributed by atoms with Gasteiger partial charge in [-0.2, -0.15) is 0 Å². The van der Waals surface area contributed by atoms with Crippen molar-refractivity contribution in [1.82, 2.24) is 0 Å². The van der Waals surface area contributed by atoms with Crippen LogP contribution in [0.4, 0.5) is 0 Å². The molecular weight excluding hydrogens is 326 g/mol. The number of rotatable bonds is 5. The number of ether oxygens (including phenoxy) is 3. The summed E-state index contributed by atoms with van der Waals surface area (Å²) in [6.45, 7) is 1.88. The molecule has 2 aromatic carbocycles. The first-order chi connectivity index (χ1) is 11.2. The Hall–Kier alpha value is -2.20. The fourth-order valence-electron chi connectivity index (χ4n) is 2.89. The molecule has 0 amide bonds. The SMILES string of the molecule is COc1ccc(C[N+]2=Cc3cc(OC)c(OC)cc3CC2)cc1.[Cl-]. The summed E-state index contributed by atoms with van der Waals surface area (Å²) in [4.78, 5) is 0. The van der Waals surface area contributed by atoms with E-state index in [0.29, 0.717) is 0 Å². The number of benzene rings is 2. The topological polar surface area (TPSA) is 30.7 Å². The van der Waals surface area contributed by atoms with Crippen molar-refractivity contribution in [2.24, 2.45) is 0 Å². The Morgan fingerprint density at radius 2 is 1.58 bits per heavy atom. The van der Waals surface area contributed by atoms with Crippen molar-refractivity contribution in [1.29, 1.82) is 0 Å². The van der Waals surface area contributed by atoms with Crippen LogP contribution >= 0.6 is 0 Å². The predicted molar refractivity (Wildman–Crippen MR) is 90.2 cm³/mol. The van der Waals surface area contributed by atoms with Crippen LogP contribution in [0.15, 0.2) is 36.4 Å². The van der Waals surface area contributed by atoms with Crippen LogP contribution in [-0.4, -0.2) is 38.7 Å². The van der Waals surface area contributed by atoms with E-state index in [1.165, 1.54) is 16.7 Å². The van der Waals surface area contributed by atoms with Gasteiger partial charge >= 0.3 is 0 Å². The van der Waals surface area contributed by atoms with E-state index in [1.807, 2.05) is 18.2 Å². The lowest BCUT2D eigenvalue weighted by Crippen LogP contribution is -3.00. The lowest BCUT2D eigenvalue weighted by atomic mass is 10.0. The van der Waals surface area contributed by atoms with Gasteiger partial charge in [-0.25, -0.2) is 4.58 Å². The third-order valence-corrected chi connectivity index (χ3v) is 4.18. The molecule has 128 valence electrons. The first-order valence-electron chi connectivity index (χ1n) is 7.70. The molecule has 0 fully saturated rings. The monoisotopic (exact) mass is 347 g/mol. The Kier molecular flexibility index (Phi) is 6.10. The number of hydrogen-bond acceptors (Lipinski definition) is 3. The summed E-state index contributed by atoms with van der Waals surface area (Å²) in [5, 5.41) is 0. The van der Waals surface area contributed by atoms with Gasteiger partial charge in [0, 0.05) is 17.5 Å². The quantitative estimate of drug-likeness (QED) is 0.708. The van der Waals surface area contributed by atoms with Crippen LogP contribution in [0.1, 0.15) is 16.7 Å². The summed E-state index contributed by atoms with van der Waals surface area (Å²) in [7, 11) is 5.03. The Labute approximate surface area is 149 Å². The third kappa shape index (κ3) is 3.82. The first-order valence-corrected chi connectivity index (χ1v) is 7.70. The van der Waals surface area contributed by atoms with Crippen molar-refractivity contribution in [2.45, 2.75) is 13.0 Å². The second-order valence-electron chi connectivity index (χ2n) is 5.60. The number of halogens is 1. The number of hydrogen-bond donors (Lipinski definition) is 0. The van der Waals surface area contributed by atoms with Crippen molar-refractivity contribution < 1.29 is 31.2 Å². The highest BCUT2D eigenvalue weighted by Gasteiger charge is 2.19. The Bertz CT molecular complexity index is 726. The highest BCUT2D eigenvalue weighted by molar-refractivity contribution is 5.80. The lowest BCUT2D eigenvalue weighted by Gasteiger charge is -2.16. The molecule has 0 saturated heterocycles. The summed E-state index contributed by atoms with van der Waals surface area (Å²) in [6.07, 6.45) is 3.20. The fraction of sp³-hybridized carbons (Fsp3) is 0.316. The number of methoxy groups -OCH3 is 3. The van der Waals surface area contributed by atoms with Gasteiger partial charge in [0.2, 0.25) is 0 Å². The molecule has 0 aromatic heterocycles. The molecule has 3 rings (SSSR count). The molecule has 1 heterocycles. The Morgan fingerprint density at radius 1 is 0.917 bits per heavy atom. The second-order valence-corrected chi connectivity index (χ2v) is 5.60. The molecule has 24 heavy (non-hydrogen) atoms. The van der Waals surface area contributed by atoms with Crippen LogP contribution in [0.25, 0.3) is 0 Å². The van der Waals surface area contributed by atoms with Gasteiger partial charge in [-0.15, -0.1) is 0 Å². The summed E-state index contributed by atoms with van der Waals surface area (Å²) < 4.78 is 18.3. The largest absolute Gasteiger partial charge is 1.00 e. The molecule has 5 heteroatoms. The average molecular weight is 348 g/mol. The molecule has 0 bridgehead atoms. The van der Waals surface area contributed by atoms with Gasteiger partial charge in [-0.1, -0.05) is 0 Å². The van der Waals surface area contributed by atoms with Crippen LogP contribution in [0.5, 0.6) is 17.2 Å². The van der Waals surface area contributed by atoms with E-state index in [9.17, 15) is 0 Å². The third-order valence-electron chi connectivity index (χ3n) is 4.18. The highest BCUT2D eigenvalue weighted by Crippen LogP contribution is 2.31. The lowest BCUT2D eigenvalue weighted by molar-refractivity contribution is -0.540. The smallest absolute Gasteiger partial charge is 0.171 e. The van der Waals surface area contributed by atoms with E-state index < -0.39 is 0 Å². The van der Waals surface area contributed by atoms with Crippen LogP contribution < -0.4 is 26.6 Å². The minimum absolute atomic E-state index is 0.